The van der Waals surface area contributed by atoms with E-state index in [9.17, 15) is 29.7 Å². The zero-order chi connectivity index (χ0) is 27.6. The number of carbonyl (C=O) groups is 1. The first-order chi connectivity index (χ1) is 18.7. The third kappa shape index (κ3) is 3.76. The minimum absolute atomic E-state index is 0.0322. The molecule has 1 aliphatic heterocycles. The fourth-order valence-corrected chi connectivity index (χ4v) is 5.09. The summed E-state index contributed by atoms with van der Waals surface area (Å²) in [6, 6.07) is 13.2. The van der Waals surface area contributed by atoms with Crippen LogP contribution >= 0.6 is 0 Å². The second-order valence-corrected chi connectivity index (χ2v) is 9.31. The number of aromatic nitrogens is 1. The van der Waals surface area contributed by atoms with Crippen molar-refractivity contribution in [2.75, 3.05) is 7.11 Å². The van der Waals surface area contributed by atoms with E-state index in [1.165, 1.54) is 35.9 Å². The molecule has 6 rings (SSSR count). The maximum absolute atomic E-state index is 13.6. The number of phenols is 3. The number of esters is 1. The van der Waals surface area contributed by atoms with Crippen LogP contribution in [0.2, 0.25) is 0 Å². The number of aromatic hydroxyl groups is 3. The van der Waals surface area contributed by atoms with Gasteiger partial charge >= 0.3 is 5.97 Å². The molecule has 0 unspecified atom stereocenters. The van der Waals surface area contributed by atoms with Crippen molar-refractivity contribution in [1.29, 1.82) is 0 Å². The van der Waals surface area contributed by atoms with Gasteiger partial charge in [-0.1, -0.05) is 0 Å². The van der Waals surface area contributed by atoms with Crippen LogP contribution in [0.1, 0.15) is 23.5 Å². The number of nitrogens with zero attached hydrogens (tertiary/aromatic N) is 1. The van der Waals surface area contributed by atoms with Gasteiger partial charge in [0, 0.05) is 47.9 Å². The zero-order valence-corrected chi connectivity index (χ0v) is 20.7. The lowest BCUT2D eigenvalue weighted by molar-refractivity contribution is -0.135. The van der Waals surface area contributed by atoms with Crippen LogP contribution in [0.3, 0.4) is 0 Å². The van der Waals surface area contributed by atoms with Crippen molar-refractivity contribution in [3.05, 3.63) is 86.3 Å². The average molecular weight is 527 g/mol. The number of phenolic OH excluding ortho intramolecular Hbond substituents is 3. The second-order valence-electron chi connectivity index (χ2n) is 9.31. The molecule has 0 fully saturated rings. The summed E-state index contributed by atoms with van der Waals surface area (Å²) in [5, 5.41) is 30.9. The average Bonchev–Trinajstić information content (AvgIpc) is 2.91. The van der Waals surface area contributed by atoms with Crippen LogP contribution in [-0.4, -0.2) is 33.0 Å². The number of ether oxygens (including phenoxy) is 2. The summed E-state index contributed by atoms with van der Waals surface area (Å²) < 4.78 is 18.3. The van der Waals surface area contributed by atoms with Crippen LogP contribution in [0.4, 0.5) is 0 Å². The van der Waals surface area contributed by atoms with Crippen molar-refractivity contribution >= 4 is 27.8 Å². The van der Waals surface area contributed by atoms with Crippen LogP contribution in [0, 0.1) is 0 Å². The Morgan fingerprint density at radius 2 is 1.72 bits per heavy atom. The van der Waals surface area contributed by atoms with E-state index in [1.54, 1.807) is 31.3 Å². The van der Waals surface area contributed by atoms with E-state index in [2.05, 4.69) is 0 Å². The molecule has 0 radical (unpaired) electrons. The van der Waals surface area contributed by atoms with E-state index in [1.807, 2.05) is 0 Å². The molecule has 5 aromatic rings. The Bertz CT molecular complexity index is 1970. The van der Waals surface area contributed by atoms with Crippen LogP contribution in [0.25, 0.3) is 33.2 Å². The summed E-state index contributed by atoms with van der Waals surface area (Å²) in [6.45, 7) is 0. The van der Waals surface area contributed by atoms with Gasteiger partial charge in [0.2, 0.25) is 0 Å². The predicted octanol–water partition coefficient (Wildman–Crippen LogP) is 3.88. The standard InChI is InChI=1S/C29H21NO9/c1-30-18-9-15(37-2)5-3-13(18)7-17(29(30)36)16-10-25(35)38-24-12-22(34)27-21(33)11-23(39-28(27)26(16)24)14-4-6-19(31)20(32)8-14/h3-9,11-12,16,31-32,34H,10H2,1-2H3/t16-/m0/s1. The van der Waals surface area contributed by atoms with Gasteiger partial charge in [-0.25, -0.2) is 0 Å². The Kier molecular flexibility index (Phi) is 5.35. The maximum atomic E-state index is 13.6. The number of fused-ring (bicyclic) bond motifs is 4. The van der Waals surface area contributed by atoms with Crippen molar-refractivity contribution in [1.82, 2.24) is 4.57 Å². The van der Waals surface area contributed by atoms with Gasteiger partial charge in [0.25, 0.3) is 5.56 Å². The highest BCUT2D eigenvalue weighted by Crippen LogP contribution is 2.46. The monoisotopic (exact) mass is 527 g/mol. The molecule has 0 saturated carbocycles. The number of hydrogen-bond donors (Lipinski definition) is 3. The Balaban J connectivity index is 1.65. The number of methoxy groups -OCH3 is 1. The highest BCUT2D eigenvalue weighted by molar-refractivity contribution is 5.93. The number of pyridine rings is 1. The number of rotatable bonds is 3. The Morgan fingerprint density at radius 3 is 2.46 bits per heavy atom. The van der Waals surface area contributed by atoms with Gasteiger partial charge in [-0.2, -0.15) is 0 Å². The Labute approximate surface area is 219 Å². The minimum Gasteiger partial charge on any atom is -0.507 e. The molecule has 39 heavy (non-hydrogen) atoms. The molecule has 3 aromatic carbocycles. The highest BCUT2D eigenvalue weighted by Gasteiger charge is 2.35. The molecular weight excluding hydrogens is 506 g/mol. The summed E-state index contributed by atoms with van der Waals surface area (Å²) in [7, 11) is 3.14. The molecule has 0 spiro atoms. The molecule has 0 amide bonds. The first kappa shape index (κ1) is 24.1. The maximum Gasteiger partial charge on any atom is 0.312 e. The van der Waals surface area contributed by atoms with Gasteiger partial charge in [-0.05, 0) is 41.8 Å². The molecule has 1 atom stereocenters. The molecule has 196 valence electrons. The van der Waals surface area contributed by atoms with Gasteiger partial charge in [0.05, 0.1) is 19.0 Å². The van der Waals surface area contributed by atoms with E-state index in [0.29, 0.717) is 11.3 Å². The molecule has 0 aliphatic carbocycles. The third-order valence-electron chi connectivity index (χ3n) is 7.02. The van der Waals surface area contributed by atoms with Crippen molar-refractivity contribution in [3.63, 3.8) is 0 Å². The number of aryl methyl sites for hydroxylation is 1. The molecule has 2 aromatic heterocycles. The quantitative estimate of drug-likeness (QED) is 0.181. The van der Waals surface area contributed by atoms with E-state index in [-0.39, 0.29) is 56.9 Å². The summed E-state index contributed by atoms with van der Waals surface area (Å²) in [4.78, 5) is 39.4. The van der Waals surface area contributed by atoms with Gasteiger partial charge in [-0.3, -0.25) is 14.4 Å². The van der Waals surface area contributed by atoms with Crippen LogP contribution in [0.5, 0.6) is 28.7 Å². The number of benzene rings is 3. The Hall–Kier alpha value is -5.25. The lowest BCUT2D eigenvalue weighted by atomic mass is 9.85. The van der Waals surface area contributed by atoms with Gasteiger partial charge in [0.15, 0.2) is 16.9 Å². The predicted molar refractivity (Wildman–Crippen MR) is 141 cm³/mol. The Morgan fingerprint density at radius 1 is 0.923 bits per heavy atom. The third-order valence-corrected chi connectivity index (χ3v) is 7.02. The van der Waals surface area contributed by atoms with Crippen molar-refractivity contribution in [3.8, 4) is 40.1 Å². The molecule has 10 heteroatoms. The molecule has 10 nitrogen and oxygen atoms in total. The van der Waals surface area contributed by atoms with Gasteiger partial charge < -0.3 is 33.8 Å². The SMILES string of the molecule is COc1ccc2cc([C@@H]3CC(=O)Oc4cc(O)c5c(=O)cc(-c6ccc(O)c(O)c6)oc5c43)c(=O)n(C)c2c1. The van der Waals surface area contributed by atoms with Crippen molar-refractivity contribution in [2.45, 2.75) is 12.3 Å². The van der Waals surface area contributed by atoms with E-state index >= 15 is 0 Å². The van der Waals surface area contributed by atoms with Crippen LogP contribution in [-0.2, 0) is 11.8 Å². The second kappa shape index (κ2) is 8.66. The summed E-state index contributed by atoms with van der Waals surface area (Å²) in [5.74, 6) is -2.13. The first-order valence-electron chi connectivity index (χ1n) is 11.9. The van der Waals surface area contributed by atoms with Crippen molar-refractivity contribution in [2.24, 2.45) is 7.05 Å². The molecule has 3 heterocycles. The van der Waals surface area contributed by atoms with E-state index < -0.39 is 28.8 Å². The van der Waals surface area contributed by atoms with Gasteiger partial charge in [-0.15, -0.1) is 0 Å². The first-order valence-corrected chi connectivity index (χ1v) is 11.9. The van der Waals surface area contributed by atoms with Crippen LogP contribution in [0.15, 0.2) is 68.6 Å². The van der Waals surface area contributed by atoms with Crippen LogP contribution < -0.4 is 20.5 Å². The number of hydrogen-bond acceptors (Lipinski definition) is 9. The van der Waals surface area contributed by atoms with Crippen molar-refractivity contribution < 1.29 is 34.0 Å². The minimum atomic E-state index is -0.860. The highest BCUT2D eigenvalue weighted by atomic mass is 16.5. The smallest absolute Gasteiger partial charge is 0.312 e. The molecule has 1 aliphatic rings. The van der Waals surface area contributed by atoms with Gasteiger partial charge in [0.1, 0.15) is 34.0 Å². The zero-order valence-electron chi connectivity index (χ0n) is 20.7. The lowest BCUT2D eigenvalue weighted by Crippen LogP contribution is -2.29. The fourth-order valence-electron chi connectivity index (χ4n) is 5.09. The largest absolute Gasteiger partial charge is 0.507 e. The fraction of sp³-hybridized carbons (Fsp3) is 0.138. The van der Waals surface area contributed by atoms with E-state index in [4.69, 9.17) is 13.9 Å². The molecule has 0 bridgehead atoms. The molecule has 3 N–H and O–H groups in total. The summed E-state index contributed by atoms with van der Waals surface area (Å²) in [6.07, 6.45) is -0.211. The summed E-state index contributed by atoms with van der Waals surface area (Å²) in [5.41, 5.74) is 0.413. The molecular formula is C29H21NO9. The normalized spacial score (nSPS) is 14.8. The topological polar surface area (TPSA) is 148 Å². The molecule has 0 saturated heterocycles. The summed E-state index contributed by atoms with van der Waals surface area (Å²) >= 11 is 0. The number of carbonyl (C=O) groups excluding carboxylic acids is 1. The lowest BCUT2D eigenvalue weighted by Gasteiger charge is -2.26. The van der Waals surface area contributed by atoms with E-state index in [0.717, 1.165) is 11.5 Å².